The van der Waals surface area contributed by atoms with Crippen LogP contribution in [0.5, 0.6) is 5.75 Å². The summed E-state index contributed by atoms with van der Waals surface area (Å²) in [6, 6.07) is 15.2. The first-order chi connectivity index (χ1) is 12.1. The Morgan fingerprint density at radius 3 is 2.60 bits per heavy atom. The molecule has 1 aromatic heterocycles. The zero-order valence-corrected chi connectivity index (χ0v) is 12.9. The number of hydrogen-bond acceptors (Lipinski definition) is 5. The summed E-state index contributed by atoms with van der Waals surface area (Å²) in [6.45, 7) is -0.357. The Hall–Kier alpha value is -3.79. The molecule has 3 N–H and O–H groups in total. The standard InChI is InChI=1S/C18H13N3O4/c19-9-12(17-20-13-6-2-3-7-14(13)21-17)15(22)10-25-16-8-4-1-5-11(16)18(23)24/h1-8,22H,10H2,(H,20,21)(H,23,24)/b15-12-. The van der Waals surface area contributed by atoms with Gasteiger partial charge in [0.25, 0.3) is 0 Å². The summed E-state index contributed by atoms with van der Waals surface area (Å²) in [6.07, 6.45) is 0. The van der Waals surface area contributed by atoms with E-state index in [2.05, 4.69) is 9.97 Å². The van der Waals surface area contributed by atoms with Gasteiger partial charge in [-0.1, -0.05) is 24.3 Å². The van der Waals surface area contributed by atoms with Crippen molar-refractivity contribution in [1.29, 1.82) is 5.26 Å². The van der Waals surface area contributed by atoms with Crippen molar-refractivity contribution in [2.45, 2.75) is 0 Å². The van der Waals surface area contributed by atoms with E-state index in [1.807, 2.05) is 18.2 Å². The topological polar surface area (TPSA) is 119 Å². The fourth-order valence-corrected chi connectivity index (χ4v) is 2.31. The van der Waals surface area contributed by atoms with Gasteiger partial charge >= 0.3 is 5.97 Å². The van der Waals surface area contributed by atoms with E-state index in [1.54, 1.807) is 24.3 Å². The highest BCUT2D eigenvalue weighted by molar-refractivity contribution is 5.90. The number of nitrogens with zero attached hydrogens (tertiary/aromatic N) is 2. The number of para-hydroxylation sites is 3. The van der Waals surface area contributed by atoms with Crippen molar-refractivity contribution in [2.75, 3.05) is 6.61 Å². The summed E-state index contributed by atoms with van der Waals surface area (Å²) < 4.78 is 5.36. The Morgan fingerprint density at radius 2 is 1.88 bits per heavy atom. The molecule has 0 atom stereocenters. The van der Waals surface area contributed by atoms with Gasteiger partial charge in [0.1, 0.15) is 29.6 Å². The summed E-state index contributed by atoms with van der Waals surface area (Å²) in [5.74, 6) is -1.17. The molecule has 0 aliphatic heterocycles. The maximum atomic E-state index is 11.2. The SMILES string of the molecule is N#C/C(=C(/O)COc1ccccc1C(=O)O)c1nc2ccccc2[nH]1. The number of aromatic amines is 1. The largest absolute Gasteiger partial charge is 0.507 e. The molecular weight excluding hydrogens is 322 g/mol. The monoisotopic (exact) mass is 335 g/mol. The second kappa shape index (κ2) is 6.76. The van der Waals surface area contributed by atoms with Gasteiger partial charge in [-0.2, -0.15) is 5.26 Å². The second-order valence-corrected chi connectivity index (χ2v) is 5.13. The van der Waals surface area contributed by atoms with Crippen LogP contribution in [-0.4, -0.2) is 32.8 Å². The lowest BCUT2D eigenvalue weighted by Crippen LogP contribution is -2.07. The van der Waals surface area contributed by atoms with Gasteiger partial charge in [0.05, 0.1) is 11.0 Å². The second-order valence-electron chi connectivity index (χ2n) is 5.13. The van der Waals surface area contributed by atoms with E-state index in [4.69, 9.17) is 9.84 Å². The van der Waals surface area contributed by atoms with Crippen LogP contribution < -0.4 is 4.74 Å². The van der Waals surface area contributed by atoms with Gasteiger partial charge in [0.15, 0.2) is 11.6 Å². The lowest BCUT2D eigenvalue weighted by molar-refractivity contribution is 0.0692. The van der Waals surface area contributed by atoms with E-state index in [0.717, 1.165) is 5.52 Å². The molecule has 3 rings (SSSR count). The minimum absolute atomic E-state index is 0.0301. The number of aromatic nitrogens is 2. The molecule has 0 bridgehead atoms. The highest BCUT2D eigenvalue weighted by Crippen LogP contribution is 2.21. The summed E-state index contributed by atoms with van der Waals surface area (Å²) >= 11 is 0. The van der Waals surface area contributed by atoms with Gasteiger partial charge in [-0.15, -0.1) is 0 Å². The van der Waals surface area contributed by atoms with E-state index >= 15 is 0 Å². The van der Waals surface area contributed by atoms with Crippen LogP contribution in [0.4, 0.5) is 0 Å². The minimum atomic E-state index is -1.14. The van der Waals surface area contributed by atoms with Gasteiger partial charge in [-0.05, 0) is 24.3 Å². The molecule has 2 aromatic carbocycles. The summed E-state index contributed by atoms with van der Waals surface area (Å²) in [7, 11) is 0. The van der Waals surface area contributed by atoms with Gasteiger partial charge in [-0.3, -0.25) is 0 Å². The molecule has 0 unspecified atom stereocenters. The number of nitrogens with one attached hydrogen (secondary N) is 1. The van der Waals surface area contributed by atoms with Crippen LogP contribution in [0.3, 0.4) is 0 Å². The molecule has 0 spiro atoms. The molecular formula is C18H13N3O4. The predicted octanol–water partition coefficient (Wildman–Crippen LogP) is 3.13. The highest BCUT2D eigenvalue weighted by atomic mass is 16.5. The van der Waals surface area contributed by atoms with Crippen molar-refractivity contribution >= 4 is 22.6 Å². The zero-order chi connectivity index (χ0) is 17.8. The first-order valence-corrected chi connectivity index (χ1v) is 7.32. The van der Waals surface area contributed by atoms with E-state index in [-0.39, 0.29) is 35.1 Å². The average Bonchev–Trinajstić information content (AvgIpc) is 3.04. The van der Waals surface area contributed by atoms with E-state index in [0.29, 0.717) is 5.52 Å². The number of carboxylic acid groups (broad SMARTS) is 1. The number of H-pyrrole nitrogens is 1. The zero-order valence-electron chi connectivity index (χ0n) is 12.9. The summed E-state index contributed by atoms with van der Waals surface area (Å²) in [5, 5.41) is 28.7. The third-order valence-corrected chi connectivity index (χ3v) is 3.51. The van der Waals surface area contributed by atoms with Crippen molar-refractivity contribution < 1.29 is 19.7 Å². The van der Waals surface area contributed by atoms with Crippen LogP contribution in [0.1, 0.15) is 16.2 Å². The van der Waals surface area contributed by atoms with Gasteiger partial charge in [-0.25, -0.2) is 9.78 Å². The van der Waals surface area contributed by atoms with Crippen molar-refractivity contribution in [1.82, 2.24) is 9.97 Å². The van der Waals surface area contributed by atoms with Crippen LogP contribution in [0.25, 0.3) is 16.6 Å². The van der Waals surface area contributed by atoms with Crippen molar-refractivity contribution in [2.24, 2.45) is 0 Å². The predicted molar refractivity (Wildman–Crippen MR) is 90.2 cm³/mol. The number of ether oxygens (including phenoxy) is 1. The van der Waals surface area contributed by atoms with Crippen LogP contribution in [0.15, 0.2) is 54.3 Å². The first kappa shape index (κ1) is 16.1. The molecule has 7 nitrogen and oxygen atoms in total. The van der Waals surface area contributed by atoms with Crippen molar-refractivity contribution in [3.8, 4) is 11.8 Å². The maximum absolute atomic E-state index is 11.2. The molecule has 3 aromatic rings. The number of benzene rings is 2. The number of fused-ring (bicyclic) bond motifs is 1. The molecule has 0 saturated heterocycles. The number of nitriles is 1. The van der Waals surface area contributed by atoms with Gasteiger partial charge < -0.3 is 19.9 Å². The third-order valence-electron chi connectivity index (χ3n) is 3.51. The van der Waals surface area contributed by atoms with E-state index in [9.17, 15) is 15.2 Å². The normalized spacial score (nSPS) is 11.6. The Balaban J connectivity index is 1.88. The number of hydrogen-bond donors (Lipinski definition) is 3. The number of aromatic carboxylic acids is 1. The number of aliphatic hydroxyl groups is 1. The Labute approximate surface area is 142 Å². The molecule has 0 saturated carbocycles. The Bertz CT molecular complexity index is 981. The minimum Gasteiger partial charge on any atom is -0.507 e. The molecule has 25 heavy (non-hydrogen) atoms. The molecule has 0 amide bonds. The first-order valence-electron chi connectivity index (χ1n) is 7.32. The summed E-state index contributed by atoms with van der Waals surface area (Å²) in [5.41, 5.74) is 1.30. The number of aliphatic hydroxyl groups excluding tert-OH is 1. The number of carbonyl (C=O) groups is 1. The maximum Gasteiger partial charge on any atom is 0.339 e. The Kier molecular flexibility index (Phi) is 4.35. The molecule has 124 valence electrons. The van der Waals surface area contributed by atoms with Crippen molar-refractivity contribution in [3.05, 3.63) is 65.7 Å². The molecule has 1 heterocycles. The molecule has 0 fully saturated rings. The average molecular weight is 335 g/mol. The number of rotatable bonds is 5. The molecule has 0 aliphatic carbocycles. The Morgan fingerprint density at radius 1 is 1.16 bits per heavy atom. The van der Waals surface area contributed by atoms with Gasteiger partial charge in [0, 0.05) is 0 Å². The van der Waals surface area contributed by atoms with Crippen LogP contribution in [0, 0.1) is 11.3 Å². The smallest absolute Gasteiger partial charge is 0.339 e. The van der Waals surface area contributed by atoms with Crippen LogP contribution in [-0.2, 0) is 0 Å². The van der Waals surface area contributed by atoms with Crippen molar-refractivity contribution in [3.63, 3.8) is 0 Å². The molecule has 7 heteroatoms. The lowest BCUT2D eigenvalue weighted by atomic mass is 10.2. The lowest BCUT2D eigenvalue weighted by Gasteiger charge is -2.09. The van der Waals surface area contributed by atoms with E-state index < -0.39 is 5.97 Å². The molecule has 0 radical (unpaired) electrons. The number of allylic oxidation sites excluding steroid dienone is 1. The van der Waals surface area contributed by atoms with Gasteiger partial charge in [0.2, 0.25) is 0 Å². The van der Waals surface area contributed by atoms with Crippen LogP contribution in [0.2, 0.25) is 0 Å². The number of imidazole rings is 1. The quantitative estimate of drug-likeness (QED) is 0.487. The fraction of sp³-hybridized carbons (Fsp3) is 0.0556. The van der Waals surface area contributed by atoms with E-state index in [1.165, 1.54) is 12.1 Å². The molecule has 0 aliphatic rings. The number of carboxylic acids is 1. The highest BCUT2D eigenvalue weighted by Gasteiger charge is 2.15. The fourth-order valence-electron chi connectivity index (χ4n) is 2.31. The third kappa shape index (κ3) is 3.28. The van der Waals surface area contributed by atoms with Crippen LogP contribution >= 0.6 is 0 Å². The summed E-state index contributed by atoms with van der Waals surface area (Å²) in [4.78, 5) is 18.4.